The first-order valence-electron chi connectivity index (χ1n) is 8.24. The van der Waals surface area contributed by atoms with Crippen molar-refractivity contribution in [2.45, 2.75) is 18.6 Å². The number of aromatic nitrogens is 1. The molecule has 1 aromatic carbocycles. The number of nitriles is 1. The van der Waals surface area contributed by atoms with E-state index in [4.69, 9.17) is 54.3 Å². The SMILES string of the molecule is N#Cc1cc(F)c(Cl)cc1O[C@H](C[C@H](N)CO)c1scnc1Cl.O=C(O)/C=C/C(=O)O. The molecule has 1 heterocycles. The molecule has 0 amide bonds. The summed E-state index contributed by atoms with van der Waals surface area (Å²) in [6.45, 7) is -0.244. The third kappa shape index (κ3) is 8.87. The largest absolute Gasteiger partial charge is 0.483 e. The Hall–Kier alpha value is -2.75. The van der Waals surface area contributed by atoms with Crippen molar-refractivity contribution in [2.24, 2.45) is 5.73 Å². The van der Waals surface area contributed by atoms with Gasteiger partial charge in [-0.3, -0.25) is 0 Å². The highest BCUT2D eigenvalue weighted by atomic mass is 35.5. The van der Waals surface area contributed by atoms with Crippen LogP contribution in [0.5, 0.6) is 5.75 Å². The number of rotatable bonds is 8. The van der Waals surface area contributed by atoms with Gasteiger partial charge in [0, 0.05) is 30.7 Å². The number of carboxylic acids is 2. The van der Waals surface area contributed by atoms with Crippen LogP contribution < -0.4 is 10.5 Å². The minimum absolute atomic E-state index is 0.00453. The van der Waals surface area contributed by atoms with Gasteiger partial charge in [-0.1, -0.05) is 23.2 Å². The number of aliphatic hydroxyl groups excluding tert-OH is 1. The lowest BCUT2D eigenvalue weighted by molar-refractivity contribution is -0.134. The number of aliphatic hydroxyl groups is 1. The highest BCUT2D eigenvalue weighted by molar-refractivity contribution is 7.10. The zero-order valence-electron chi connectivity index (χ0n) is 15.5. The topological polar surface area (TPSA) is 167 Å². The molecule has 0 fully saturated rings. The van der Waals surface area contributed by atoms with Gasteiger partial charge in [0.15, 0.2) is 0 Å². The van der Waals surface area contributed by atoms with Crippen molar-refractivity contribution in [2.75, 3.05) is 6.61 Å². The molecule has 9 nitrogen and oxygen atoms in total. The van der Waals surface area contributed by atoms with Gasteiger partial charge >= 0.3 is 11.9 Å². The Morgan fingerprint density at radius 2 is 1.94 bits per heavy atom. The van der Waals surface area contributed by atoms with E-state index in [2.05, 4.69) is 4.98 Å². The van der Waals surface area contributed by atoms with Crippen LogP contribution in [0.15, 0.2) is 29.8 Å². The van der Waals surface area contributed by atoms with Crippen molar-refractivity contribution in [3.8, 4) is 11.8 Å². The first-order chi connectivity index (χ1) is 14.6. The number of carbonyl (C=O) groups is 2. The third-order valence-electron chi connectivity index (χ3n) is 3.37. The lowest BCUT2D eigenvalue weighted by atomic mass is 10.1. The molecule has 1 aromatic heterocycles. The lowest BCUT2D eigenvalue weighted by Crippen LogP contribution is -2.28. The zero-order chi connectivity index (χ0) is 23.6. The minimum Gasteiger partial charge on any atom is -0.483 e. The Morgan fingerprint density at radius 3 is 2.39 bits per heavy atom. The Bertz CT molecular complexity index is 979. The molecular weight excluding hydrogens is 476 g/mol. The summed E-state index contributed by atoms with van der Waals surface area (Å²) in [7, 11) is 0. The summed E-state index contributed by atoms with van der Waals surface area (Å²) in [4.78, 5) is 23.6. The van der Waals surface area contributed by atoms with Gasteiger partial charge in [-0.05, 0) is 6.07 Å². The van der Waals surface area contributed by atoms with Crippen LogP contribution in [0.2, 0.25) is 10.2 Å². The summed E-state index contributed by atoms with van der Waals surface area (Å²) < 4.78 is 19.3. The summed E-state index contributed by atoms with van der Waals surface area (Å²) in [5.74, 6) is -3.12. The second kappa shape index (κ2) is 12.8. The maximum Gasteiger partial charge on any atom is 0.328 e. The van der Waals surface area contributed by atoms with E-state index in [-0.39, 0.29) is 34.5 Å². The fourth-order valence-electron chi connectivity index (χ4n) is 2.02. The lowest BCUT2D eigenvalue weighted by Gasteiger charge is -2.21. The molecule has 5 N–H and O–H groups in total. The normalized spacial score (nSPS) is 12.4. The number of thiazole rings is 1. The Balaban J connectivity index is 0.000000512. The van der Waals surface area contributed by atoms with Gasteiger partial charge in [0.2, 0.25) is 0 Å². The number of aliphatic carboxylic acids is 2. The van der Waals surface area contributed by atoms with E-state index >= 15 is 0 Å². The average Bonchev–Trinajstić information content (AvgIpc) is 3.14. The molecule has 0 radical (unpaired) electrons. The molecule has 0 spiro atoms. The molecule has 2 atom stereocenters. The predicted molar refractivity (Wildman–Crippen MR) is 111 cm³/mol. The third-order valence-corrected chi connectivity index (χ3v) is 5.00. The van der Waals surface area contributed by atoms with Crippen molar-refractivity contribution in [3.05, 3.63) is 56.2 Å². The molecule has 0 unspecified atom stereocenters. The van der Waals surface area contributed by atoms with Gasteiger partial charge < -0.3 is 25.8 Å². The fourth-order valence-corrected chi connectivity index (χ4v) is 3.25. The number of nitrogens with two attached hydrogens (primary N) is 1. The number of ether oxygens (including phenoxy) is 1. The molecule has 0 saturated heterocycles. The standard InChI is InChI=1S/C14H12Cl2FN3O2S.C4H4O4/c15-9-3-11(7(4-18)1-10(9)17)22-12(2-8(19)5-21)13-14(16)20-6-23-13;5-3(6)1-2-4(7)8/h1,3,6,8,12,21H,2,5,19H2;1-2H,(H,5,6)(H,7,8)/b;2-1+/t8-,12+;/m0./s1. The monoisotopic (exact) mass is 491 g/mol. The van der Waals surface area contributed by atoms with E-state index in [9.17, 15) is 14.0 Å². The molecule has 2 aromatic rings. The predicted octanol–water partition coefficient (Wildman–Crippen LogP) is 3.00. The maximum atomic E-state index is 13.5. The number of halogens is 3. The summed E-state index contributed by atoms with van der Waals surface area (Å²) in [5.41, 5.74) is 7.31. The Morgan fingerprint density at radius 1 is 1.32 bits per heavy atom. The Labute approximate surface area is 189 Å². The highest BCUT2D eigenvalue weighted by Gasteiger charge is 2.24. The van der Waals surface area contributed by atoms with Gasteiger partial charge in [0.25, 0.3) is 0 Å². The van der Waals surface area contributed by atoms with E-state index in [0.717, 1.165) is 6.07 Å². The fraction of sp³-hybridized carbons (Fsp3) is 0.222. The summed E-state index contributed by atoms with van der Waals surface area (Å²) in [6, 6.07) is 3.51. The Kier molecular flexibility index (Phi) is 10.9. The molecular formula is C18H16Cl2FN3O6S. The van der Waals surface area contributed by atoms with Crippen LogP contribution in [-0.2, 0) is 9.59 Å². The molecule has 0 aliphatic carbocycles. The van der Waals surface area contributed by atoms with Crippen LogP contribution >= 0.6 is 34.5 Å². The van der Waals surface area contributed by atoms with Gasteiger partial charge in [-0.25, -0.2) is 19.0 Å². The van der Waals surface area contributed by atoms with Crippen LogP contribution in [0.4, 0.5) is 4.39 Å². The molecule has 0 bridgehead atoms. The first-order valence-corrected chi connectivity index (χ1v) is 9.87. The molecule has 166 valence electrons. The van der Waals surface area contributed by atoms with Crippen molar-refractivity contribution in [1.29, 1.82) is 5.26 Å². The van der Waals surface area contributed by atoms with Gasteiger partial charge in [0.1, 0.15) is 28.9 Å². The quantitative estimate of drug-likeness (QED) is 0.405. The van der Waals surface area contributed by atoms with Crippen molar-refractivity contribution >= 4 is 46.5 Å². The van der Waals surface area contributed by atoms with Crippen LogP contribution in [0, 0.1) is 17.1 Å². The summed E-state index contributed by atoms with van der Waals surface area (Å²) >= 11 is 13.0. The molecule has 0 aliphatic rings. The number of benzene rings is 1. The number of carboxylic acid groups (broad SMARTS) is 2. The summed E-state index contributed by atoms with van der Waals surface area (Å²) in [6.07, 6.45) is 0.703. The van der Waals surface area contributed by atoms with Crippen LogP contribution in [-0.4, -0.2) is 44.9 Å². The number of nitrogens with zero attached hydrogens (tertiary/aromatic N) is 2. The van der Waals surface area contributed by atoms with Crippen LogP contribution in [0.1, 0.15) is 23.0 Å². The van der Waals surface area contributed by atoms with Crippen LogP contribution in [0.25, 0.3) is 0 Å². The highest BCUT2D eigenvalue weighted by Crippen LogP contribution is 2.35. The molecule has 0 aliphatic heterocycles. The van der Waals surface area contributed by atoms with Crippen molar-refractivity contribution < 1.29 is 34.0 Å². The van der Waals surface area contributed by atoms with E-state index in [1.807, 2.05) is 6.07 Å². The van der Waals surface area contributed by atoms with Crippen molar-refractivity contribution in [1.82, 2.24) is 4.98 Å². The van der Waals surface area contributed by atoms with E-state index in [1.54, 1.807) is 5.51 Å². The van der Waals surface area contributed by atoms with E-state index in [1.165, 1.54) is 17.4 Å². The zero-order valence-corrected chi connectivity index (χ0v) is 17.9. The van der Waals surface area contributed by atoms with Gasteiger partial charge in [0.05, 0.1) is 27.6 Å². The summed E-state index contributed by atoms with van der Waals surface area (Å²) in [5, 5.41) is 34.0. The minimum atomic E-state index is -1.26. The molecule has 2 rings (SSSR count). The van der Waals surface area contributed by atoms with E-state index in [0.29, 0.717) is 17.0 Å². The van der Waals surface area contributed by atoms with Gasteiger partial charge in [-0.2, -0.15) is 5.26 Å². The smallest absolute Gasteiger partial charge is 0.328 e. The average molecular weight is 492 g/mol. The molecule has 13 heteroatoms. The second-order valence-electron chi connectivity index (χ2n) is 5.68. The number of hydrogen-bond acceptors (Lipinski definition) is 8. The first kappa shape index (κ1) is 26.3. The maximum absolute atomic E-state index is 13.5. The van der Waals surface area contributed by atoms with Crippen molar-refractivity contribution in [3.63, 3.8) is 0 Å². The molecule has 0 saturated carbocycles. The van der Waals surface area contributed by atoms with Gasteiger partial charge in [-0.15, -0.1) is 11.3 Å². The number of hydrogen-bond donors (Lipinski definition) is 4. The van der Waals surface area contributed by atoms with E-state index < -0.39 is 29.9 Å². The second-order valence-corrected chi connectivity index (χ2v) is 7.33. The molecule has 31 heavy (non-hydrogen) atoms. The van der Waals surface area contributed by atoms with Crippen LogP contribution in [0.3, 0.4) is 0 Å².